The Morgan fingerprint density at radius 1 is 0.310 bits per heavy atom. The minimum atomic E-state index is 0.854. The number of anilines is 6. The lowest BCUT2D eigenvalue weighted by atomic mass is 9.96. The van der Waals surface area contributed by atoms with E-state index in [4.69, 9.17) is 8.83 Å². The van der Waals surface area contributed by atoms with E-state index in [1.807, 2.05) is 0 Å². The van der Waals surface area contributed by atoms with Crippen LogP contribution in [0.5, 0.6) is 0 Å². The Morgan fingerprint density at radius 2 is 0.690 bits per heavy atom. The molecule has 0 amide bonds. The molecule has 0 N–H and O–H groups in total. The van der Waals surface area contributed by atoms with Gasteiger partial charge in [-0.05, 0) is 121 Å². The smallest absolute Gasteiger partial charge is 0.159 e. The van der Waals surface area contributed by atoms with E-state index in [-0.39, 0.29) is 0 Å². The van der Waals surface area contributed by atoms with Gasteiger partial charge >= 0.3 is 0 Å². The third kappa shape index (κ3) is 6.19. The lowest BCUT2D eigenvalue weighted by molar-refractivity contribution is 0.665. The summed E-state index contributed by atoms with van der Waals surface area (Å²) in [5, 5.41) is 11.4. The van der Waals surface area contributed by atoms with Crippen LogP contribution in [0.2, 0.25) is 0 Å². The van der Waals surface area contributed by atoms with Crippen molar-refractivity contribution in [3.05, 3.63) is 235 Å². The Kier molecular flexibility index (Phi) is 9.08. The molecule has 0 aliphatic carbocycles. The number of nitrogens with zero attached hydrogens (tertiary/aromatic N) is 3. The molecule has 3 heterocycles. The summed E-state index contributed by atoms with van der Waals surface area (Å²) in [6, 6.07) is 77.2. The minimum Gasteiger partial charge on any atom is -0.454 e. The average Bonchev–Trinajstić information content (AvgIpc) is 4.10. The molecule has 0 bridgehead atoms. The number of aryl methyl sites for hydroxylation is 4. The fourth-order valence-corrected chi connectivity index (χ4v) is 11.5. The average molecular weight is 914 g/mol. The summed E-state index contributed by atoms with van der Waals surface area (Å²) >= 11 is 0. The number of hydrogen-bond acceptors (Lipinski definition) is 4. The third-order valence-corrected chi connectivity index (χ3v) is 14.6. The Labute approximate surface area is 410 Å². The highest BCUT2D eigenvalue weighted by Crippen LogP contribution is 2.52. The molecule has 0 fully saturated rings. The molecule has 5 heteroatoms. The molecule has 14 rings (SSSR count). The zero-order valence-electron chi connectivity index (χ0n) is 39.9. The Bertz CT molecular complexity index is 4210. The van der Waals surface area contributed by atoms with Gasteiger partial charge in [0.25, 0.3) is 0 Å². The van der Waals surface area contributed by atoms with E-state index >= 15 is 0 Å². The fraction of sp³-hybridized carbons (Fsp3) is 0.0606. The van der Waals surface area contributed by atoms with Gasteiger partial charge in [0.1, 0.15) is 11.2 Å². The van der Waals surface area contributed by atoms with Crippen molar-refractivity contribution in [1.82, 2.24) is 4.57 Å². The number of fused-ring (bicyclic) bond motifs is 13. The molecule has 0 spiro atoms. The first-order chi connectivity index (χ1) is 34.9. The molecule has 338 valence electrons. The summed E-state index contributed by atoms with van der Waals surface area (Å²) < 4.78 is 16.4. The largest absolute Gasteiger partial charge is 0.454 e. The molecule has 0 saturated heterocycles. The van der Waals surface area contributed by atoms with Crippen LogP contribution in [0.3, 0.4) is 0 Å². The summed E-state index contributed by atoms with van der Waals surface area (Å²) in [6.07, 6.45) is 0. The second kappa shape index (κ2) is 15.7. The van der Waals surface area contributed by atoms with Crippen LogP contribution in [0.15, 0.2) is 221 Å². The van der Waals surface area contributed by atoms with Gasteiger partial charge in [-0.3, -0.25) is 0 Å². The lowest BCUT2D eigenvalue weighted by Crippen LogP contribution is -2.11. The first-order valence-corrected chi connectivity index (χ1v) is 24.4. The highest BCUT2D eigenvalue weighted by Gasteiger charge is 2.28. The molecule has 71 heavy (non-hydrogen) atoms. The van der Waals surface area contributed by atoms with Crippen molar-refractivity contribution in [2.45, 2.75) is 27.7 Å². The van der Waals surface area contributed by atoms with Crippen LogP contribution in [-0.2, 0) is 0 Å². The molecule has 0 aliphatic rings. The fourth-order valence-electron chi connectivity index (χ4n) is 11.5. The summed E-state index contributed by atoms with van der Waals surface area (Å²) in [4.78, 5) is 4.83. The highest BCUT2D eigenvalue weighted by atomic mass is 16.3. The molecule has 0 atom stereocenters. The maximum absolute atomic E-state index is 6.96. The van der Waals surface area contributed by atoms with Crippen LogP contribution in [0.25, 0.3) is 92.9 Å². The van der Waals surface area contributed by atoms with Crippen LogP contribution in [-0.4, -0.2) is 4.57 Å². The topological polar surface area (TPSA) is 37.7 Å². The van der Waals surface area contributed by atoms with Crippen LogP contribution < -0.4 is 9.80 Å². The number of aromatic nitrogens is 1. The van der Waals surface area contributed by atoms with E-state index in [2.05, 4.69) is 254 Å². The SMILES string of the molecule is Cc1cccc(N(c2cc3c(c4ccccc24)c2c4ccccc4c(N(c4cccc(C)c4)c4cccc5c4oc4c(C)cccc45)cc2n3-c2ccccc2)c2cccc3c2oc2c(C)cccc23)c1. The molecule has 0 saturated carbocycles. The van der Waals surface area contributed by atoms with Gasteiger partial charge in [-0.15, -0.1) is 0 Å². The molecule has 3 aromatic heterocycles. The van der Waals surface area contributed by atoms with Crippen molar-refractivity contribution in [2.75, 3.05) is 9.80 Å². The predicted octanol–water partition coefficient (Wildman–Crippen LogP) is 19.1. The number of furan rings is 2. The molecule has 5 nitrogen and oxygen atoms in total. The number of para-hydroxylation sites is 5. The van der Waals surface area contributed by atoms with E-state index in [9.17, 15) is 0 Å². The van der Waals surface area contributed by atoms with Gasteiger partial charge in [0.15, 0.2) is 11.2 Å². The number of rotatable bonds is 7. The Hall–Kier alpha value is -9.06. The minimum absolute atomic E-state index is 0.854. The zero-order chi connectivity index (χ0) is 47.5. The van der Waals surface area contributed by atoms with E-state index in [1.165, 1.54) is 32.7 Å². The van der Waals surface area contributed by atoms with Crippen molar-refractivity contribution in [2.24, 2.45) is 0 Å². The maximum atomic E-state index is 6.96. The van der Waals surface area contributed by atoms with Crippen molar-refractivity contribution in [1.29, 1.82) is 0 Å². The van der Waals surface area contributed by atoms with E-state index in [1.54, 1.807) is 0 Å². The first kappa shape index (κ1) is 41.0. The van der Waals surface area contributed by atoms with Gasteiger partial charge in [0, 0.05) is 60.2 Å². The summed E-state index contributed by atoms with van der Waals surface area (Å²) in [6.45, 7) is 8.59. The summed E-state index contributed by atoms with van der Waals surface area (Å²) in [7, 11) is 0. The molecular weight excluding hydrogens is 867 g/mol. The Balaban J connectivity index is 1.13. The van der Waals surface area contributed by atoms with Gasteiger partial charge in [-0.25, -0.2) is 0 Å². The van der Waals surface area contributed by atoms with Crippen molar-refractivity contribution < 1.29 is 8.83 Å². The van der Waals surface area contributed by atoms with Gasteiger partial charge in [-0.2, -0.15) is 0 Å². The zero-order valence-corrected chi connectivity index (χ0v) is 39.9. The van der Waals surface area contributed by atoms with Gasteiger partial charge in [0.05, 0.1) is 33.8 Å². The molecule has 0 aliphatic heterocycles. The monoisotopic (exact) mass is 913 g/mol. The van der Waals surface area contributed by atoms with Crippen molar-refractivity contribution >= 4 is 121 Å². The van der Waals surface area contributed by atoms with Crippen molar-refractivity contribution in [3.8, 4) is 5.69 Å². The van der Waals surface area contributed by atoms with E-state index in [0.717, 1.165) is 117 Å². The summed E-state index contributed by atoms with van der Waals surface area (Å²) in [5.74, 6) is 0. The van der Waals surface area contributed by atoms with Crippen LogP contribution in [0.1, 0.15) is 22.3 Å². The van der Waals surface area contributed by atoms with Gasteiger partial charge in [-0.1, -0.05) is 152 Å². The third-order valence-electron chi connectivity index (χ3n) is 14.6. The lowest BCUT2D eigenvalue weighted by Gasteiger charge is -2.28. The summed E-state index contributed by atoms with van der Waals surface area (Å²) in [5.41, 5.74) is 17.6. The molecule has 0 unspecified atom stereocenters. The second-order valence-corrected chi connectivity index (χ2v) is 19.1. The Morgan fingerprint density at radius 3 is 1.14 bits per heavy atom. The van der Waals surface area contributed by atoms with Gasteiger partial charge < -0.3 is 23.2 Å². The van der Waals surface area contributed by atoms with E-state index < -0.39 is 0 Å². The first-order valence-electron chi connectivity index (χ1n) is 24.4. The molecular formula is C66H47N3O2. The second-order valence-electron chi connectivity index (χ2n) is 19.1. The normalized spacial score (nSPS) is 11.9. The van der Waals surface area contributed by atoms with Gasteiger partial charge in [0.2, 0.25) is 0 Å². The molecule has 0 radical (unpaired) electrons. The molecule has 14 aromatic rings. The van der Waals surface area contributed by atoms with E-state index in [0.29, 0.717) is 0 Å². The van der Waals surface area contributed by atoms with Crippen LogP contribution in [0, 0.1) is 27.7 Å². The van der Waals surface area contributed by atoms with Crippen molar-refractivity contribution in [3.63, 3.8) is 0 Å². The number of benzene rings is 11. The maximum Gasteiger partial charge on any atom is 0.159 e. The van der Waals surface area contributed by atoms with Crippen LogP contribution >= 0.6 is 0 Å². The molecule has 11 aromatic carbocycles. The number of hydrogen-bond donors (Lipinski definition) is 0. The standard InChI is InChI=1S/C66H47N3O2/c1-40-18-12-24-45(36-40)68(55-34-16-32-53-51-30-14-20-42(3)63(51)70-65(53)55)57-38-59-61(49-28-10-8-26-47(49)57)62-50-29-11-9-27-48(50)58(39-60(62)67(59)44-22-6-5-7-23-44)69(46-25-13-19-41(2)37-46)56-35-17-33-54-52-31-15-21-43(4)64(52)71-66(54)56/h5-39H,1-4H3. The quantitative estimate of drug-likeness (QED) is 0.160. The van der Waals surface area contributed by atoms with Crippen LogP contribution in [0.4, 0.5) is 34.1 Å². The highest BCUT2D eigenvalue weighted by molar-refractivity contribution is 6.32. The predicted molar refractivity (Wildman–Crippen MR) is 299 cm³/mol.